The van der Waals surface area contributed by atoms with Crippen LogP contribution in [-0.4, -0.2) is 35.5 Å². The van der Waals surface area contributed by atoms with Gasteiger partial charge in [-0.1, -0.05) is 30.0 Å². The molecule has 9 heteroatoms. The Bertz CT molecular complexity index is 1070. The first-order chi connectivity index (χ1) is 13.5. The zero-order valence-corrected chi connectivity index (χ0v) is 16.3. The van der Waals surface area contributed by atoms with Gasteiger partial charge in [-0.15, -0.1) is 0 Å². The number of nitrogens with one attached hydrogen (secondary N) is 1. The van der Waals surface area contributed by atoms with Gasteiger partial charge in [-0.25, -0.2) is 9.66 Å². The van der Waals surface area contributed by atoms with Crippen molar-refractivity contribution in [1.82, 2.24) is 15.0 Å². The lowest BCUT2D eigenvalue weighted by molar-refractivity contribution is -0.118. The van der Waals surface area contributed by atoms with Crippen LogP contribution in [0.25, 0.3) is 10.9 Å². The quantitative estimate of drug-likeness (QED) is 0.352. The fourth-order valence-electron chi connectivity index (χ4n) is 2.60. The summed E-state index contributed by atoms with van der Waals surface area (Å²) in [6.45, 7) is 0.334. The van der Waals surface area contributed by atoms with Crippen LogP contribution in [-0.2, 0) is 11.3 Å². The van der Waals surface area contributed by atoms with Crippen LogP contribution in [0.15, 0.2) is 52.4 Å². The third kappa shape index (κ3) is 4.20. The van der Waals surface area contributed by atoms with E-state index in [1.165, 1.54) is 0 Å². The number of nitrogens with two attached hydrogens (primary N) is 1. The van der Waals surface area contributed by atoms with Crippen LogP contribution in [0.2, 0.25) is 0 Å². The highest BCUT2D eigenvalue weighted by atomic mass is 32.2. The monoisotopic (exact) mass is 400 g/mol. The Kier molecular flexibility index (Phi) is 6.05. The number of hydrogen-bond acceptors (Lipinski definition) is 7. The Morgan fingerprint density at radius 3 is 2.68 bits per heavy atom. The number of aromatic nitrogens is 2. The first-order valence-electron chi connectivity index (χ1n) is 8.40. The first kappa shape index (κ1) is 19.6. The molecule has 3 aromatic rings. The molecular weight excluding hydrogens is 380 g/mol. The fraction of sp³-hybridized carbons (Fsp3) is 0.211. The number of benzene rings is 2. The molecule has 0 radical (unpaired) electrons. The van der Waals surface area contributed by atoms with E-state index in [-0.39, 0.29) is 22.4 Å². The Morgan fingerprint density at radius 2 is 1.93 bits per heavy atom. The lowest BCUT2D eigenvalue weighted by Crippen LogP contribution is -2.31. The summed E-state index contributed by atoms with van der Waals surface area (Å²) in [5.41, 5.74) is 1.07. The van der Waals surface area contributed by atoms with Crippen molar-refractivity contribution in [2.45, 2.75) is 11.7 Å². The lowest BCUT2D eigenvalue weighted by atomic mass is 10.2. The second-order valence-corrected chi connectivity index (χ2v) is 6.78. The zero-order chi connectivity index (χ0) is 20.1. The molecule has 0 spiro atoms. The number of amides is 1. The first-order valence-corrected chi connectivity index (χ1v) is 9.39. The number of para-hydroxylation sites is 1. The number of fused-ring (bicyclic) bond motifs is 1. The number of methoxy groups -OCH3 is 2. The summed E-state index contributed by atoms with van der Waals surface area (Å²) in [6, 6.07) is 12.4. The molecule has 3 rings (SSSR count). The van der Waals surface area contributed by atoms with Gasteiger partial charge in [-0.2, -0.15) is 0 Å². The van der Waals surface area contributed by atoms with Gasteiger partial charge in [-0.05, 0) is 29.8 Å². The van der Waals surface area contributed by atoms with Crippen LogP contribution in [0.5, 0.6) is 11.5 Å². The molecule has 2 aromatic carbocycles. The van der Waals surface area contributed by atoms with Crippen LogP contribution in [0.3, 0.4) is 0 Å². The number of hydrogen-bond donors (Lipinski definition) is 2. The van der Waals surface area contributed by atoms with Gasteiger partial charge in [0.2, 0.25) is 5.91 Å². The van der Waals surface area contributed by atoms with Crippen LogP contribution in [0.1, 0.15) is 5.56 Å². The highest BCUT2D eigenvalue weighted by molar-refractivity contribution is 7.99. The minimum atomic E-state index is -0.348. The van der Waals surface area contributed by atoms with E-state index in [0.717, 1.165) is 22.0 Å². The normalized spacial score (nSPS) is 10.6. The van der Waals surface area contributed by atoms with Crippen molar-refractivity contribution in [3.05, 3.63) is 58.4 Å². The predicted octanol–water partition coefficient (Wildman–Crippen LogP) is 1.54. The molecule has 0 atom stereocenters. The maximum atomic E-state index is 12.3. The van der Waals surface area contributed by atoms with E-state index in [1.54, 1.807) is 50.6 Å². The summed E-state index contributed by atoms with van der Waals surface area (Å²) < 4.78 is 11.4. The summed E-state index contributed by atoms with van der Waals surface area (Å²) in [5, 5.41) is 3.54. The van der Waals surface area contributed by atoms with Gasteiger partial charge in [0.1, 0.15) is 0 Å². The molecule has 146 valence electrons. The van der Waals surface area contributed by atoms with Crippen molar-refractivity contribution in [2.75, 3.05) is 25.8 Å². The molecule has 8 nitrogen and oxygen atoms in total. The summed E-state index contributed by atoms with van der Waals surface area (Å²) in [6.07, 6.45) is 0. The van der Waals surface area contributed by atoms with Gasteiger partial charge >= 0.3 is 0 Å². The second kappa shape index (κ2) is 8.66. The van der Waals surface area contributed by atoms with Crippen LogP contribution >= 0.6 is 11.8 Å². The van der Waals surface area contributed by atoms with Gasteiger partial charge in [0.05, 0.1) is 30.9 Å². The van der Waals surface area contributed by atoms with Crippen molar-refractivity contribution in [3.63, 3.8) is 0 Å². The van der Waals surface area contributed by atoms with Gasteiger partial charge in [0, 0.05) is 6.54 Å². The minimum Gasteiger partial charge on any atom is -0.493 e. The lowest BCUT2D eigenvalue weighted by Gasteiger charge is -2.11. The smallest absolute Gasteiger partial charge is 0.280 e. The molecule has 0 saturated heterocycles. The highest BCUT2D eigenvalue weighted by Gasteiger charge is 2.12. The van der Waals surface area contributed by atoms with Crippen molar-refractivity contribution in [3.8, 4) is 11.5 Å². The standard InChI is InChI=1S/C19H20N4O4S/c1-26-15-8-7-12(9-16(15)27-2)10-21-17(24)11-28-19-22-14-6-4-3-5-13(14)18(25)23(19)20/h3-9H,10-11,20H2,1-2H3,(H,21,24). The van der Waals surface area contributed by atoms with Crippen molar-refractivity contribution >= 4 is 28.6 Å². The molecule has 0 aliphatic carbocycles. The number of carbonyl (C=O) groups excluding carboxylic acids is 1. The van der Waals surface area contributed by atoms with Gasteiger partial charge in [0.15, 0.2) is 16.7 Å². The molecular formula is C19H20N4O4S. The summed E-state index contributed by atoms with van der Waals surface area (Å²) in [7, 11) is 3.12. The fourth-order valence-corrected chi connectivity index (χ4v) is 3.35. The van der Waals surface area contributed by atoms with Gasteiger partial charge in [-0.3, -0.25) is 9.59 Å². The molecule has 0 aliphatic heterocycles. The number of rotatable bonds is 7. The minimum absolute atomic E-state index is 0.0786. The number of nitrogen functional groups attached to an aromatic ring is 1. The summed E-state index contributed by atoms with van der Waals surface area (Å²) in [4.78, 5) is 28.8. The van der Waals surface area contributed by atoms with Gasteiger partial charge in [0.25, 0.3) is 5.56 Å². The average molecular weight is 400 g/mol. The average Bonchev–Trinajstić information content (AvgIpc) is 2.73. The largest absolute Gasteiger partial charge is 0.493 e. The van der Waals surface area contributed by atoms with E-state index >= 15 is 0 Å². The Hall–Kier alpha value is -3.20. The Balaban J connectivity index is 1.63. The topological polar surface area (TPSA) is 108 Å². The summed E-state index contributed by atoms with van der Waals surface area (Å²) in [5.74, 6) is 6.91. The van der Waals surface area contributed by atoms with Crippen LogP contribution in [0.4, 0.5) is 0 Å². The van der Waals surface area contributed by atoms with E-state index in [9.17, 15) is 9.59 Å². The van der Waals surface area contributed by atoms with E-state index in [1.807, 2.05) is 6.07 Å². The molecule has 1 heterocycles. The Morgan fingerprint density at radius 1 is 1.18 bits per heavy atom. The van der Waals surface area contributed by atoms with Gasteiger partial charge < -0.3 is 20.6 Å². The molecule has 1 aromatic heterocycles. The third-order valence-corrected chi connectivity index (χ3v) is 5.00. The molecule has 1 amide bonds. The molecule has 0 unspecified atom stereocenters. The van der Waals surface area contributed by atoms with Crippen molar-refractivity contribution < 1.29 is 14.3 Å². The Labute approximate surface area is 165 Å². The molecule has 28 heavy (non-hydrogen) atoms. The number of nitrogens with zero attached hydrogens (tertiary/aromatic N) is 2. The molecule has 0 aliphatic rings. The number of carbonyl (C=O) groups is 1. The second-order valence-electron chi connectivity index (χ2n) is 5.84. The highest BCUT2D eigenvalue weighted by Crippen LogP contribution is 2.27. The van der Waals surface area contributed by atoms with E-state index < -0.39 is 0 Å². The maximum Gasteiger partial charge on any atom is 0.280 e. The predicted molar refractivity (Wildman–Crippen MR) is 108 cm³/mol. The molecule has 0 bridgehead atoms. The molecule has 0 saturated carbocycles. The van der Waals surface area contributed by atoms with Crippen molar-refractivity contribution in [1.29, 1.82) is 0 Å². The van der Waals surface area contributed by atoms with E-state index in [2.05, 4.69) is 10.3 Å². The van der Waals surface area contributed by atoms with Crippen LogP contribution < -0.4 is 26.2 Å². The number of thioether (sulfide) groups is 1. The zero-order valence-electron chi connectivity index (χ0n) is 15.5. The maximum absolute atomic E-state index is 12.3. The van der Waals surface area contributed by atoms with Crippen LogP contribution in [0, 0.1) is 0 Å². The molecule has 0 fully saturated rings. The third-order valence-electron chi connectivity index (χ3n) is 4.05. The van der Waals surface area contributed by atoms with E-state index in [4.69, 9.17) is 15.3 Å². The van der Waals surface area contributed by atoms with Crippen molar-refractivity contribution in [2.24, 2.45) is 0 Å². The number of ether oxygens (including phenoxy) is 2. The SMILES string of the molecule is COc1ccc(CNC(=O)CSc2nc3ccccc3c(=O)n2N)cc1OC. The van der Waals surface area contributed by atoms with E-state index in [0.29, 0.717) is 28.9 Å². The summed E-state index contributed by atoms with van der Waals surface area (Å²) >= 11 is 1.10. The molecule has 3 N–H and O–H groups in total.